The molecule has 34 heavy (non-hydrogen) atoms. The minimum Gasteiger partial charge on any atom is -0.504 e. The Balaban J connectivity index is 1.46. The number of aromatic hydroxyl groups is 1. The van der Waals surface area contributed by atoms with Crippen molar-refractivity contribution in [1.82, 2.24) is 30.2 Å². The van der Waals surface area contributed by atoms with E-state index < -0.39 is 52.8 Å². The van der Waals surface area contributed by atoms with Crippen molar-refractivity contribution >= 4 is 22.7 Å². The Morgan fingerprint density at radius 3 is 2.50 bits per heavy atom. The van der Waals surface area contributed by atoms with Gasteiger partial charge >= 0.3 is 6.18 Å². The molecule has 0 unspecified atom stereocenters. The third-order valence-corrected chi connectivity index (χ3v) is 4.73. The summed E-state index contributed by atoms with van der Waals surface area (Å²) < 4.78 is 41.5. The van der Waals surface area contributed by atoms with Crippen LogP contribution < -0.4 is 16.4 Å². The lowest BCUT2D eigenvalue weighted by molar-refractivity contribution is -0.137. The number of halogens is 3. The van der Waals surface area contributed by atoms with Crippen LogP contribution >= 0.6 is 0 Å². The molecule has 2 aromatic heterocycles. The number of carbonyl (C=O) groups is 2. The number of rotatable bonds is 4. The summed E-state index contributed by atoms with van der Waals surface area (Å²) in [6.07, 6.45) is -2.68. The number of para-hydroxylation sites is 2. The molecule has 3 N–H and O–H groups in total. The van der Waals surface area contributed by atoms with Crippen LogP contribution in [0.25, 0.3) is 16.6 Å². The lowest BCUT2D eigenvalue weighted by Gasteiger charge is -2.12. The molecule has 174 valence electrons. The second-order valence-electron chi connectivity index (χ2n) is 7.02. The van der Waals surface area contributed by atoms with Crippen molar-refractivity contribution in [2.45, 2.75) is 12.7 Å². The SMILES string of the molecule is O=C(Cn1cnc2ccccc2c1=O)NNC(=O)c1nn(-c2ccccc2C(F)(F)F)cc1O. The Bertz CT molecular complexity index is 1460. The molecule has 0 spiro atoms. The van der Waals surface area contributed by atoms with Gasteiger partial charge in [-0.3, -0.25) is 29.8 Å². The molecule has 2 aromatic carbocycles. The number of hydrogen-bond donors (Lipinski definition) is 3. The number of fused-ring (bicyclic) bond motifs is 1. The predicted molar refractivity (Wildman–Crippen MR) is 112 cm³/mol. The van der Waals surface area contributed by atoms with E-state index in [4.69, 9.17) is 0 Å². The number of aromatic nitrogens is 4. The van der Waals surface area contributed by atoms with Gasteiger partial charge in [-0.2, -0.15) is 18.3 Å². The summed E-state index contributed by atoms with van der Waals surface area (Å²) in [4.78, 5) is 41.0. The molecule has 0 aliphatic carbocycles. The maximum absolute atomic E-state index is 13.2. The number of carbonyl (C=O) groups excluding carboxylic acids is 2. The molecule has 2 amide bonds. The Kier molecular flexibility index (Phi) is 5.75. The molecular weight excluding hydrogens is 457 g/mol. The van der Waals surface area contributed by atoms with Crippen LogP contribution in [0.3, 0.4) is 0 Å². The number of alkyl halides is 3. The normalized spacial score (nSPS) is 11.4. The zero-order valence-corrected chi connectivity index (χ0v) is 17.1. The standard InChI is InChI=1S/C21H15F3N6O4/c22-21(23,24)13-6-2-4-8-15(13)30-9-16(31)18(28-30)19(33)27-26-17(32)10-29-11-25-14-7-3-1-5-12(14)20(29)34/h1-9,11,31H,10H2,(H,26,32)(H,27,33). The summed E-state index contributed by atoms with van der Waals surface area (Å²) in [5, 5.41) is 14.0. The van der Waals surface area contributed by atoms with Crippen LogP contribution in [0, 0.1) is 0 Å². The van der Waals surface area contributed by atoms with Crippen molar-refractivity contribution in [2.75, 3.05) is 0 Å². The second kappa shape index (κ2) is 8.69. The van der Waals surface area contributed by atoms with E-state index in [9.17, 15) is 32.7 Å². The molecule has 0 saturated carbocycles. The molecule has 0 aliphatic heterocycles. The van der Waals surface area contributed by atoms with Crippen molar-refractivity contribution in [2.24, 2.45) is 0 Å². The quantitative estimate of drug-likeness (QED) is 0.388. The van der Waals surface area contributed by atoms with E-state index in [0.29, 0.717) is 15.6 Å². The molecule has 0 bridgehead atoms. The number of nitrogens with zero attached hydrogens (tertiary/aromatic N) is 4. The van der Waals surface area contributed by atoms with Gasteiger partial charge in [0.05, 0.1) is 34.7 Å². The van der Waals surface area contributed by atoms with E-state index in [1.807, 2.05) is 5.43 Å². The van der Waals surface area contributed by atoms with Gasteiger partial charge < -0.3 is 5.11 Å². The maximum Gasteiger partial charge on any atom is 0.418 e. The Morgan fingerprint density at radius 1 is 1.03 bits per heavy atom. The number of hydrogen-bond acceptors (Lipinski definition) is 6. The van der Waals surface area contributed by atoms with E-state index in [2.05, 4.69) is 15.5 Å². The fraction of sp³-hybridized carbons (Fsp3) is 0.0952. The third kappa shape index (κ3) is 4.44. The molecule has 10 nitrogen and oxygen atoms in total. The van der Waals surface area contributed by atoms with Gasteiger partial charge in [0.15, 0.2) is 11.4 Å². The highest BCUT2D eigenvalue weighted by molar-refractivity contribution is 5.96. The van der Waals surface area contributed by atoms with Crippen molar-refractivity contribution in [3.63, 3.8) is 0 Å². The van der Waals surface area contributed by atoms with Crippen LogP contribution in [0.5, 0.6) is 5.75 Å². The summed E-state index contributed by atoms with van der Waals surface area (Å²) in [5.74, 6) is -2.59. The van der Waals surface area contributed by atoms with Crippen LogP contribution in [-0.4, -0.2) is 36.3 Å². The highest BCUT2D eigenvalue weighted by Crippen LogP contribution is 2.34. The average molecular weight is 472 g/mol. The lowest BCUT2D eigenvalue weighted by Crippen LogP contribution is -2.44. The lowest BCUT2D eigenvalue weighted by atomic mass is 10.2. The number of benzene rings is 2. The molecule has 2 heterocycles. The van der Waals surface area contributed by atoms with Gasteiger partial charge in [-0.25, -0.2) is 9.67 Å². The maximum atomic E-state index is 13.2. The monoisotopic (exact) mass is 472 g/mol. The molecule has 0 fully saturated rings. The van der Waals surface area contributed by atoms with E-state index in [0.717, 1.165) is 22.9 Å². The second-order valence-corrected chi connectivity index (χ2v) is 7.02. The van der Waals surface area contributed by atoms with Gasteiger partial charge in [0, 0.05) is 0 Å². The first-order valence-electron chi connectivity index (χ1n) is 9.64. The largest absolute Gasteiger partial charge is 0.504 e. The van der Waals surface area contributed by atoms with Crippen molar-refractivity contribution in [3.8, 4) is 11.4 Å². The fourth-order valence-corrected chi connectivity index (χ4v) is 3.16. The molecule has 4 rings (SSSR count). The Morgan fingerprint density at radius 2 is 1.74 bits per heavy atom. The minimum atomic E-state index is -4.69. The zero-order valence-electron chi connectivity index (χ0n) is 17.1. The topological polar surface area (TPSA) is 131 Å². The first-order chi connectivity index (χ1) is 16.1. The third-order valence-electron chi connectivity index (χ3n) is 4.73. The summed E-state index contributed by atoms with van der Waals surface area (Å²) >= 11 is 0. The van der Waals surface area contributed by atoms with E-state index in [-0.39, 0.29) is 0 Å². The molecule has 0 radical (unpaired) electrons. The summed E-state index contributed by atoms with van der Waals surface area (Å²) in [6, 6.07) is 11.0. The number of amides is 2. The van der Waals surface area contributed by atoms with Crippen LogP contribution in [-0.2, 0) is 17.5 Å². The van der Waals surface area contributed by atoms with Gasteiger partial charge in [-0.15, -0.1) is 0 Å². The molecule has 0 aliphatic rings. The fourth-order valence-electron chi connectivity index (χ4n) is 3.16. The van der Waals surface area contributed by atoms with Crippen LogP contribution in [0.2, 0.25) is 0 Å². The average Bonchev–Trinajstić information content (AvgIpc) is 3.20. The van der Waals surface area contributed by atoms with Crippen LogP contribution in [0.1, 0.15) is 16.1 Å². The Labute approximate surface area is 188 Å². The molecular formula is C21H15F3N6O4. The highest BCUT2D eigenvalue weighted by Gasteiger charge is 2.34. The zero-order chi connectivity index (χ0) is 24.5. The number of hydrazine groups is 1. The van der Waals surface area contributed by atoms with Gasteiger partial charge in [0.1, 0.15) is 6.54 Å². The molecule has 0 atom stereocenters. The number of nitrogens with one attached hydrogen (secondary N) is 2. The van der Waals surface area contributed by atoms with Crippen LogP contribution in [0.4, 0.5) is 13.2 Å². The minimum absolute atomic E-state index is 0.302. The Hall–Kier alpha value is -4.68. The molecule has 0 saturated heterocycles. The van der Waals surface area contributed by atoms with Gasteiger partial charge in [-0.1, -0.05) is 24.3 Å². The van der Waals surface area contributed by atoms with Crippen LogP contribution in [0.15, 0.2) is 65.8 Å². The first kappa shape index (κ1) is 22.5. The van der Waals surface area contributed by atoms with E-state index in [1.165, 1.54) is 18.5 Å². The summed E-state index contributed by atoms with van der Waals surface area (Å²) in [7, 11) is 0. The highest BCUT2D eigenvalue weighted by atomic mass is 19.4. The van der Waals surface area contributed by atoms with Gasteiger partial charge in [-0.05, 0) is 24.3 Å². The van der Waals surface area contributed by atoms with Crippen molar-refractivity contribution in [1.29, 1.82) is 0 Å². The van der Waals surface area contributed by atoms with Gasteiger partial charge in [0.25, 0.3) is 17.4 Å². The van der Waals surface area contributed by atoms with Gasteiger partial charge in [0.2, 0.25) is 0 Å². The first-order valence-corrected chi connectivity index (χ1v) is 9.64. The van der Waals surface area contributed by atoms with Crippen molar-refractivity contribution < 1.29 is 27.9 Å². The predicted octanol–water partition coefficient (Wildman–Crippen LogP) is 1.77. The molecule has 4 aromatic rings. The summed E-state index contributed by atoms with van der Waals surface area (Å²) in [6.45, 7) is -0.476. The van der Waals surface area contributed by atoms with E-state index >= 15 is 0 Å². The smallest absolute Gasteiger partial charge is 0.418 e. The molecule has 13 heteroatoms. The summed E-state index contributed by atoms with van der Waals surface area (Å²) in [5.41, 5.74) is 1.98. The van der Waals surface area contributed by atoms with Crippen molar-refractivity contribution in [3.05, 3.63) is 82.7 Å². The van der Waals surface area contributed by atoms with E-state index in [1.54, 1.807) is 24.3 Å².